The largest absolute Gasteiger partial charge is 0.493 e. The average Bonchev–Trinajstić information content (AvgIpc) is 3.04. The molecule has 1 unspecified atom stereocenters. The van der Waals surface area contributed by atoms with E-state index in [4.69, 9.17) is 9.47 Å². The maximum absolute atomic E-state index is 13.2. The molecule has 0 N–H and O–H groups in total. The van der Waals surface area contributed by atoms with Crippen LogP contribution in [0, 0.1) is 0 Å². The predicted molar refractivity (Wildman–Crippen MR) is 97.6 cm³/mol. The molecule has 2 heterocycles. The maximum atomic E-state index is 13.2. The minimum Gasteiger partial charge on any atom is -0.493 e. The lowest BCUT2D eigenvalue weighted by atomic mass is 10.0. The first-order valence-electron chi connectivity index (χ1n) is 7.39. The second kappa shape index (κ2) is 6.67. The van der Waals surface area contributed by atoms with Gasteiger partial charge in [-0.1, -0.05) is 0 Å². The molecule has 1 aliphatic rings. The van der Waals surface area contributed by atoms with Crippen molar-refractivity contribution in [1.82, 2.24) is 4.31 Å². The molecule has 1 atom stereocenters. The molecule has 0 bridgehead atoms. The van der Waals surface area contributed by atoms with Crippen LogP contribution in [0.3, 0.4) is 0 Å². The van der Waals surface area contributed by atoms with Crippen LogP contribution in [0.25, 0.3) is 0 Å². The van der Waals surface area contributed by atoms with E-state index in [9.17, 15) is 8.42 Å². The minimum absolute atomic E-state index is 0.186. The van der Waals surface area contributed by atoms with Crippen molar-refractivity contribution >= 4 is 37.3 Å². The molecule has 24 heavy (non-hydrogen) atoms. The SMILES string of the molecule is COc1cc(Br)c(S(=O)(=O)N2CCc3sccc3C2C)cc1OC. The topological polar surface area (TPSA) is 55.8 Å². The lowest BCUT2D eigenvalue weighted by Gasteiger charge is -2.33. The highest BCUT2D eigenvalue weighted by Crippen LogP contribution is 2.41. The molecule has 1 aromatic heterocycles. The fourth-order valence-electron chi connectivity index (χ4n) is 2.97. The van der Waals surface area contributed by atoms with E-state index in [1.807, 2.05) is 18.4 Å². The molecular weight excluding hydrogens is 414 g/mol. The van der Waals surface area contributed by atoms with Crippen LogP contribution in [0.1, 0.15) is 23.4 Å². The Balaban J connectivity index is 2.06. The van der Waals surface area contributed by atoms with Crippen LogP contribution in [0.5, 0.6) is 11.5 Å². The number of hydrogen-bond donors (Lipinski definition) is 0. The van der Waals surface area contributed by atoms with Crippen molar-refractivity contribution in [3.05, 3.63) is 38.5 Å². The summed E-state index contributed by atoms with van der Waals surface area (Å²) in [4.78, 5) is 1.45. The number of halogens is 1. The van der Waals surface area contributed by atoms with Gasteiger partial charge in [-0.15, -0.1) is 11.3 Å². The van der Waals surface area contributed by atoms with Gasteiger partial charge in [-0.3, -0.25) is 0 Å². The molecule has 0 aliphatic carbocycles. The first kappa shape index (κ1) is 17.7. The minimum atomic E-state index is -3.66. The first-order valence-corrected chi connectivity index (χ1v) is 10.5. The molecule has 5 nitrogen and oxygen atoms in total. The average molecular weight is 432 g/mol. The van der Waals surface area contributed by atoms with E-state index in [1.165, 1.54) is 25.2 Å². The Morgan fingerprint density at radius 3 is 2.58 bits per heavy atom. The number of methoxy groups -OCH3 is 2. The summed E-state index contributed by atoms with van der Waals surface area (Å²) in [6.07, 6.45) is 0.738. The van der Waals surface area contributed by atoms with Gasteiger partial charge in [0.2, 0.25) is 10.0 Å². The number of sulfonamides is 1. The molecule has 1 aromatic carbocycles. The monoisotopic (exact) mass is 431 g/mol. The van der Waals surface area contributed by atoms with Crippen molar-refractivity contribution in [2.24, 2.45) is 0 Å². The van der Waals surface area contributed by atoms with E-state index < -0.39 is 10.0 Å². The number of ether oxygens (including phenoxy) is 2. The molecule has 0 spiro atoms. The van der Waals surface area contributed by atoms with E-state index in [-0.39, 0.29) is 10.9 Å². The van der Waals surface area contributed by atoms with Gasteiger partial charge in [0.25, 0.3) is 0 Å². The molecule has 2 aromatic rings. The smallest absolute Gasteiger partial charge is 0.244 e. The lowest BCUT2D eigenvalue weighted by molar-refractivity contribution is 0.328. The van der Waals surface area contributed by atoms with Crippen LogP contribution in [-0.2, 0) is 16.4 Å². The highest BCUT2D eigenvalue weighted by atomic mass is 79.9. The molecule has 1 aliphatic heterocycles. The summed E-state index contributed by atoms with van der Waals surface area (Å²) in [5.74, 6) is 0.871. The number of thiophene rings is 1. The summed E-state index contributed by atoms with van der Waals surface area (Å²) in [6, 6.07) is 4.95. The van der Waals surface area contributed by atoms with Gasteiger partial charge in [-0.05, 0) is 52.4 Å². The highest BCUT2D eigenvalue weighted by molar-refractivity contribution is 9.10. The molecule has 8 heteroatoms. The molecule has 0 saturated heterocycles. The Labute approximate surface area is 154 Å². The van der Waals surface area contributed by atoms with Crippen molar-refractivity contribution in [2.75, 3.05) is 20.8 Å². The number of fused-ring (bicyclic) bond motifs is 1. The van der Waals surface area contributed by atoms with Crippen molar-refractivity contribution in [1.29, 1.82) is 0 Å². The van der Waals surface area contributed by atoms with Gasteiger partial charge in [0, 0.05) is 28.0 Å². The van der Waals surface area contributed by atoms with E-state index in [0.29, 0.717) is 22.5 Å². The van der Waals surface area contributed by atoms with Gasteiger partial charge < -0.3 is 9.47 Å². The van der Waals surface area contributed by atoms with Crippen molar-refractivity contribution in [2.45, 2.75) is 24.3 Å². The Morgan fingerprint density at radius 2 is 1.92 bits per heavy atom. The quantitative estimate of drug-likeness (QED) is 0.737. The maximum Gasteiger partial charge on any atom is 0.244 e. The molecule has 0 saturated carbocycles. The summed E-state index contributed by atoms with van der Waals surface area (Å²) >= 11 is 5.04. The predicted octanol–water partition coefficient (Wildman–Crippen LogP) is 3.84. The fraction of sp³-hybridized carbons (Fsp3) is 0.375. The van der Waals surface area contributed by atoms with Gasteiger partial charge in [-0.25, -0.2) is 8.42 Å². The molecule has 0 fully saturated rings. The normalized spacial score (nSPS) is 18.2. The second-order valence-electron chi connectivity index (χ2n) is 5.48. The fourth-order valence-corrected chi connectivity index (χ4v) is 6.55. The Hall–Kier alpha value is -1.09. The molecule has 3 rings (SSSR count). The van der Waals surface area contributed by atoms with Crippen LogP contribution in [-0.4, -0.2) is 33.5 Å². The summed E-state index contributed by atoms with van der Waals surface area (Å²) in [5.41, 5.74) is 1.09. The van der Waals surface area contributed by atoms with Crippen molar-refractivity contribution in [3.8, 4) is 11.5 Å². The van der Waals surface area contributed by atoms with Crippen molar-refractivity contribution < 1.29 is 17.9 Å². The Morgan fingerprint density at radius 1 is 1.25 bits per heavy atom. The molecular formula is C16H18BrNO4S2. The molecule has 130 valence electrons. The van der Waals surface area contributed by atoms with Gasteiger partial charge in [0.15, 0.2) is 11.5 Å². The summed E-state index contributed by atoms with van der Waals surface area (Å²) < 4.78 is 38.9. The summed E-state index contributed by atoms with van der Waals surface area (Å²) in [7, 11) is -0.658. The third-order valence-corrected chi connectivity index (χ3v) is 8.17. The van der Waals surface area contributed by atoms with E-state index in [2.05, 4.69) is 15.9 Å². The third-order valence-electron chi connectivity index (χ3n) is 4.25. The highest BCUT2D eigenvalue weighted by Gasteiger charge is 2.36. The number of rotatable bonds is 4. The first-order chi connectivity index (χ1) is 11.4. The van der Waals surface area contributed by atoms with Gasteiger partial charge in [-0.2, -0.15) is 4.31 Å². The zero-order chi connectivity index (χ0) is 17.5. The van der Waals surface area contributed by atoms with Crippen LogP contribution < -0.4 is 9.47 Å². The van der Waals surface area contributed by atoms with Crippen LogP contribution >= 0.6 is 27.3 Å². The van der Waals surface area contributed by atoms with Gasteiger partial charge in [0.1, 0.15) is 4.90 Å². The van der Waals surface area contributed by atoms with E-state index in [1.54, 1.807) is 21.7 Å². The summed E-state index contributed by atoms with van der Waals surface area (Å²) in [5, 5.41) is 2.02. The number of benzene rings is 1. The Kier molecular flexibility index (Phi) is 4.92. The third kappa shape index (κ3) is 2.85. The number of hydrogen-bond acceptors (Lipinski definition) is 5. The van der Waals surface area contributed by atoms with Crippen LogP contribution in [0.15, 0.2) is 32.9 Å². The zero-order valence-electron chi connectivity index (χ0n) is 13.6. The molecule has 0 amide bonds. The van der Waals surface area contributed by atoms with E-state index >= 15 is 0 Å². The standard InChI is InChI=1S/C16H18BrNO4S2/c1-10-11-5-7-23-15(11)4-6-18(10)24(19,20)16-9-14(22-3)13(21-2)8-12(16)17/h5,7-10H,4,6H2,1-3H3. The zero-order valence-corrected chi connectivity index (χ0v) is 16.8. The number of nitrogens with zero attached hydrogens (tertiary/aromatic N) is 1. The van der Waals surface area contributed by atoms with Crippen LogP contribution in [0.2, 0.25) is 0 Å². The van der Waals surface area contributed by atoms with Gasteiger partial charge in [0.05, 0.1) is 14.2 Å². The van der Waals surface area contributed by atoms with Crippen molar-refractivity contribution in [3.63, 3.8) is 0 Å². The van der Waals surface area contributed by atoms with Crippen LogP contribution in [0.4, 0.5) is 0 Å². The lowest BCUT2D eigenvalue weighted by Crippen LogP contribution is -2.38. The Bertz CT molecular complexity index is 863. The molecule has 0 radical (unpaired) electrons. The van der Waals surface area contributed by atoms with E-state index in [0.717, 1.165) is 12.0 Å². The second-order valence-corrected chi connectivity index (χ2v) is 9.19. The summed E-state index contributed by atoms with van der Waals surface area (Å²) in [6.45, 7) is 2.40. The van der Waals surface area contributed by atoms with Gasteiger partial charge >= 0.3 is 0 Å².